The summed E-state index contributed by atoms with van der Waals surface area (Å²) in [5.41, 5.74) is 1.59. The van der Waals surface area contributed by atoms with Crippen LogP contribution >= 0.6 is 0 Å². The second-order valence-electron chi connectivity index (χ2n) is 2.99. The molecule has 0 saturated heterocycles. The molecule has 0 heteroatoms. The highest BCUT2D eigenvalue weighted by Gasteiger charge is 1.97. The molecular formula is C11H16. The number of allylic oxidation sites excluding steroid dienone is 5. The third-order valence-electron chi connectivity index (χ3n) is 2.00. The molecule has 0 N–H and O–H groups in total. The van der Waals surface area contributed by atoms with E-state index in [1.54, 1.807) is 5.57 Å². The third-order valence-corrected chi connectivity index (χ3v) is 2.00. The van der Waals surface area contributed by atoms with Crippen LogP contribution in [0.4, 0.5) is 0 Å². The van der Waals surface area contributed by atoms with E-state index >= 15 is 0 Å². The van der Waals surface area contributed by atoms with Gasteiger partial charge in [0.25, 0.3) is 0 Å². The van der Waals surface area contributed by atoms with Crippen molar-refractivity contribution in [2.45, 2.75) is 32.1 Å². The van der Waals surface area contributed by atoms with Crippen LogP contribution in [-0.4, -0.2) is 0 Å². The fraction of sp³-hybridized carbons (Fsp3) is 0.455. The molecule has 0 amide bonds. The molecule has 0 nitrogen and oxygen atoms in total. The lowest BCUT2D eigenvalue weighted by Crippen LogP contribution is -1.79. The van der Waals surface area contributed by atoms with Crippen molar-refractivity contribution in [2.24, 2.45) is 0 Å². The maximum absolute atomic E-state index is 3.70. The predicted octanol–water partition coefficient (Wildman–Crippen LogP) is 3.62. The second-order valence-corrected chi connectivity index (χ2v) is 2.99. The molecule has 0 saturated carbocycles. The fourth-order valence-corrected chi connectivity index (χ4v) is 1.32. The highest BCUT2D eigenvalue weighted by molar-refractivity contribution is 5.22. The topological polar surface area (TPSA) is 0 Å². The summed E-state index contributed by atoms with van der Waals surface area (Å²) in [5, 5.41) is 0. The van der Waals surface area contributed by atoms with Gasteiger partial charge in [-0.3, -0.25) is 0 Å². The van der Waals surface area contributed by atoms with Crippen molar-refractivity contribution >= 4 is 0 Å². The Morgan fingerprint density at radius 2 is 2.36 bits per heavy atom. The second kappa shape index (κ2) is 4.95. The Hall–Kier alpha value is -0.780. The highest BCUT2D eigenvalue weighted by atomic mass is 14.0. The van der Waals surface area contributed by atoms with Crippen molar-refractivity contribution in [3.8, 4) is 0 Å². The lowest BCUT2D eigenvalue weighted by molar-refractivity contribution is 0.737. The van der Waals surface area contributed by atoms with Crippen molar-refractivity contribution in [3.63, 3.8) is 0 Å². The largest absolute Gasteiger partial charge is 0.103 e. The highest BCUT2D eigenvalue weighted by Crippen LogP contribution is 2.17. The maximum atomic E-state index is 3.70. The van der Waals surface area contributed by atoms with Crippen molar-refractivity contribution in [1.29, 1.82) is 0 Å². The van der Waals surface area contributed by atoms with E-state index in [1.165, 1.54) is 32.1 Å². The molecule has 0 aromatic rings. The van der Waals surface area contributed by atoms with Gasteiger partial charge in [0.05, 0.1) is 0 Å². The zero-order chi connectivity index (χ0) is 7.94. The summed E-state index contributed by atoms with van der Waals surface area (Å²) in [7, 11) is 0. The van der Waals surface area contributed by atoms with Gasteiger partial charge in [-0.05, 0) is 32.1 Å². The van der Waals surface area contributed by atoms with Crippen LogP contribution in [0.2, 0.25) is 0 Å². The molecule has 1 aliphatic rings. The molecule has 0 fully saturated rings. The number of hydrogen-bond acceptors (Lipinski definition) is 0. The molecule has 0 aromatic heterocycles. The summed E-state index contributed by atoms with van der Waals surface area (Å²) in [6.07, 6.45) is 14.9. The molecule has 60 valence electrons. The molecule has 0 atom stereocenters. The molecule has 0 aliphatic heterocycles. The van der Waals surface area contributed by atoms with Crippen molar-refractivity contribution in [2.75, 3.05) is 0 Å². The van der Waals surface area contributed by atoms with Gasteiger partial charge in [-0.15, -0.1) is 6.58 Å². The van der Waals surface area contributed by atoms with E-state index < -0.39 is 0 Å². The summed E-state index contributed by atoms with van der Waals surface area (Å²) in [4.78, 5) is 0. The van der Waals surface area contributed by atoms with Gasteiger partial charge in [0, 0.05) is 0 Å². The average Bonchev–Trinajstić information content (AvgIpc) is 2.50. The third kappa shape index (κ3) is 3.22. The van der Waals surface area contributed by atoms with E-state index in [2.05, 4.69) is 24.8 Å². The number of unbranched alkanes of at least 4 members (excludes halogenated alkanes) is 2. The molecule has 0 aromatic carbocycles. The van der Waals surface area contributed by atoms with E-state index in [0.717, 1.165) is 0 Å². The van der Waals surface area contributed by atoms with Crippen LogP contribution in [0, 0.1) is 0 Å². The zero-order valence-corrected chi connectivity index (χ0v) is 7.05. The Morgan fingerprint density at radius 1 is 1.45 bits per heavy atom. The minimum absolute atomic E-state index is 1.17. The van der Waals surface area contributed by atoms with Crippen molar-refractivity contribution < 1.29 is 0 Å². The molecule has 0 radical (unpaired) electrons. The average molecular weight is 148 g/mol. The molecule has 1 aliphatic carbocycles. The van der Waals surface area contributed by atoms with Crippen LogP contribution in [0.3, 0.4) is 0 Å². The summed E-state index contributed by atoms with van der Waals surface area (Å²) in [6, 6.07) is 0. The summed E-state index contributed by atoms with van der Waals surface area (Å²) in [6.45, 7) is 3.70. The van der Waals surface area contributed by atoms with Crippen LogP contribution < -0.4 is 0 Å². The minimum atomic E-state index is 1.17. The first-order valence-electron chi connectivity index (χ1n) is 4.39. The Labute approximate surface area is 69.3 Å². The van der Waals surface area contributed by atoms with Gasteiger partial charge < -0.3 is 0 Å². The van der Waals surface area contributed by atoms with E-state index in [1.807, 2.05) is 6.08 Å². The fourth-order valence-electron chi connectivity index (χ4n) is 1.32. The van der Waals surface area contributed by atoms with Gasteiger partial charge in [0.15, 0.2) is 0 Å². The van der Waals surface area contributed by atoms with E-state index in [-0.39, 0.29) is 0 Å². The number of hydrogen-bond donors (Lipinski definition) is 0. The lowest BCUT2D eigenvalue weighted by Gasteiger charge is -1.99. The summed E-state index contributed by atoms with van der Waals surface area (Å²) in [5.74, 6) is 0. The van der Waals surface area contributed by atoms with Gasteiger partial charge in [-0.1, -0.05) is 29.9 Å². The molecule has 0 unspecified atom stereocenters. The normalized spacial score (nSPS) is 15.1. The molecule has 0 heterocycles. The Bertz CT molecular complexity index is 172. The molecule has 0 spiro atoms. The first-order chi connectivity index (χ1) is 5.43. The molecule has 0 bridgehead atoms. The maximum Gasteiger partial charge on any atom is -0.0133 e. The smallest absolute Gasteiger partial charge is 0.0133 e. The Balaban J connectivity index is 1.99. The quantitative estimate of drug-likeness (QED) is 0.412. The van der Waals surface area contributed by atoms with Crippen molar-refractivity contribution in [3.05, 3.63) is 36.5 Å². The summed E-state index contributed by atoms with van der Waals surface area (Å²) >= 11 is 0. The van der Waals surface area contributed by atoms with Crippen LogP contribution in [0.15, 0.2) is 36.5 Å². The predicted molar refractivity (Wildman–Crippen MR) is 50.5 cm³/mol. The molecule has 11 heavy (non-hydrogen) atoms. The Kier molecular flexibility index (Phi) is 3.74. The van der Waals surface area contributed by atoms with Crippen LogP contribution in [0.1, 0.15) is 32.1 Å². The van der Waals surface area contributed by atoms with Crippen molar-refractivity contribution in [1.82, 2.24) is 0 Å². The first-order valence-corrected chi connectivity index (χ1v) is 4.39. The van der Waals surface area contributed by atoms with E-state index in [4.69, 9.17) is 0 Å². The Morgan fingerprint density at radius 3 is 3.00 bits per heavy atom. The first kappa shape index (κ1) is 8.32. The van der Waals surface area contributed by atoms with Gasteiger partial charge in [0.2, 0.25) is 0 Å². The monoisotopic (exact) mass is 148 g/mol. The number of rotatable bonds is 5. The SMILES string of the molecule is C=CCCCCC1=CC=CC1. The van der Waals surface area contributed by atoms with Gasteiger partial charge in [0.1, 0.15) is 0 Å². The van der Waals surface area contributed by atoms with E-state index in [9.17, 15) is 0 Å². The van der Waals surface area contributed by atoms with Gasteiger partial charge >= 0.3 is 0 Å². The van der Waals surface area contributed by atoms with E-state index in [0.29, 0.717) is 0 Å². The molecular weight excluding hydrogens is 132 g/mol. The minimum Gasteiger partial charge on any atom is -0.103 e. The zero-order valence-electron chi connectivity index (χ0n) is 7.05. The lowest BCUT2D eigenvalue weighted by atomic mass is 10.1. The van der Waals surface area contributed by atoms with Crippen LogP contribution in [-0.2, 0) is 0 Å². The van der Waals surface area contributed by atoms with Crippen LogP contribution in [0.5, 0.6) is 0 Å². The molecule has 1 rings (SSSR count). The standard InChI is InChI=1S/C11H16/c1-2-3-4-5-8-11-9-6-7-10-11/h2,6-7,9H,1,3-5,8,10H2. The van der Waals surface area contributed by atoms with Gasteiger partial charge in [-0.2, -0.15) is 0 Å². The van der Waals surface area contributed by atoms with Crippen LogP contribution in [0.25, 0.3) is 0 Å². The van der Waals surface area contributed by atoms with Gasteiger partial charge in [-0.25, -0.2) is 0 Å². The summed E-state index contributed by atoms with van der Waals surface area (Å²) < 4.78 is 0.